The number of carbonyl (C=O) groups is 1. The maximum atomic E-state index is 12.1. The molecule has 0 aromatic heterocycles. The largest absolute Gasteiger partial charge is 0.469 e. The summed E-state index contributed by atoms with van der Waals surface area (Å²) < 4.78 is 11.3. The third-order valence-corrected chi connectivity index (χ3v) is 4.97. The third kappa shape index (κ3) is 3.97. The van der Waals surface area contributed by atoms with E-state index >= 15 is 0 Å². The Labute approximate surface area is 169 Å². The molecule has 1 aliphatic rings. The van der Waals surface area contributed by atoms with Crippen LogP contribution in [0.25, 0.3) is 11.1 Å². The number of ether oxygens (including phenoxy) is 2. The normalized spacial score (nSPS) is 14.9. The highest BCUT2D eigenvalue weighted by atomic mass is 35.5. The van der Waals surface area contributed by atoms with Crippen LogP contribution in [0.1, 0.15) is 16.7 Å². The molecule has 28 heavy (non-hydrogen) atoms. The Morgan fingerprint density at radius 3 is 2.71 bits per heavy atom. The van der Waals surface area contributed by atoms with Crippen molar-refractivity contribution in [2.45, 2.75) is 26.2 Å². The van der Waals surface area contributed by atoms with E-state index in [1.165, 1.54) is 0 Å². The van der Waals surface area contributed by atoms with Gasteiger partial charge >= 0.3 is 6.09 Å². The number of halogens is 1. The molecular formula is C23H20ClNO3. The molecule has 0 aliphatic carbocycles. The fourth-order valence-electron chi connectivity index (χ4n) is 3.39. The molecule has 3 aromatic carbocycles. The van der Waals surface area contributed by atoms with Crippen LogP contribution in [0.15, 0.2) is 66.7 Å². The zero-order chi connectivity index (χ0) is 19.5. The number of rotatable bonds is 4. The van der Waals surface area contributed by atoms with Crippen molar-refractivity contribution >= 4 is 17.7 Å². The fourth-order valence-corrected chi connectivity index (χ4v) is 3.61. The maximum absolute atomic E-state index is 12.1. The molecule has 1 heterocycles. The molecule has 0 spiro atoms. The van der Waals surface area contributed by atoms with Gasteiger partial charge in [0.15, 0.2) is 6.23 Å². The highest BCUT2D eigenvalue weighted by Gasteiger charge is 2.27. The van der Waals surface area contributed by atoms with Crippen molar-refractivity contribution in [1.29, 1.82) is 0 Å². The quantitative estimate of drug-likeness (QED) is 0.636. The number of alkyl carbamates (subject to hydrolysis) is 1. The number of hydrogen-bond acceptors (Lipinski definition) is 3. The van der Waals surface area contributed by atoms with Gasteiger partial charge in [-0.05, 0) is 35.7 Å². The van der Waals surface area contributed by atoms with E-state index in [9.17, 15) is 4.79 Å². The van der Waals surface area contributed by atoms with E-state index in [0.29, 0.717) is 11.4 Å². The van der Waals surface area contributed by atoms with Gasteiger partial charge in [-0.3, -0.25) is 5.32 Å². The highest BCUT2D eigenvalue weighted by Crippen LogP contribution is 2.40. The summed E-state index contributed by atoms with van der Waals surface area (Å²) in [4.78, 5) is 12.1. The standard InChI is InChI=1S/C23H20ClNO3/c1-15-12-18(24)10-11-19(15)20-9-5-8-17-13-21(28-22(17)20)25-23(26)27-14-16-6-3-2-4-7-16/h2-12,21H,13-14H2,1H3,(H,25,26). The number of para-hydroxylation sites is 1. The van der Waals surface area contributed by atoms with Gasteiger partial charge in [0.1, 0.15) is 12.4 Å². The molecule has 5 heteroatoms. The van der Waals surface area contributed by atoms with Gasteiger partial charge in [-0.1, -0.05) is 66.2 Å². The minimum Gasteiger partial charge on any atom is -0.469 e. The molecule has 1 amide bonds. The third-order valence-electron chi connectivity index (χ3n) is 4.73. The molecule has 142 valence electrons. The van der Waals surface area contributed by atoms with Crippen LogP contribution in [0.4, 0.5) is 4.79 Å². The molecule has 1 unspecified atom stereocenters. The van der Waals surface area contributed by atoms with Crippen LogP contribution in [0, 0.1) is 6.92 Å². The lowest BCUT2D eigenvalue weighted by Gasteiger charge is -2.15. The van der Waals surface area contributed by atoms with Crippen LogP contribution in [0.3, 0.4) is 0 Å². The van der Waals surface area contributed by atoms with Crippen LogP contribution in [-0.2, 0) is 17.8 Å². The van der Waals surface area contributed by atoms with Crippen LogP contribution < -0.4 is 10.1 Å². The second-order valence-electron chi connectivity index (χ2n) is 6.77. The molecule has 3 aromatic rings. The van der Waals surface area contributed by atoms with Crippen molar-refractivity contribution in [2.75, 3.05) is 0 Å². The molecule has 0 saturated heterocycles. The van der Waals surface area contributed by atoms with Gasteiger partial charge in [-0.25, -0.2) is 4.79 Å². The Morgan fingerprint density at radius 2 is 1.93 bits per heavy atom. The monoisotopic (exact) mass is 393 g/mol. The molecule has 1 atom stereocenters. The summed E-state index contributed by atoms with van der Waals surface area (Å²) in [5.74, 6) is 0.793. The Bertz CT molecular complexity index is 1000. The lowest BCUT2D eigenvalue weighted by Crippen LogP contribution is -2.38. The van der Waals surface area contributed by atoms with Crippen molar-refractivity contribution in [3.8, 4) is 16.9 Å². The van der Waals surface area contributed by atoms with E-state index in [4.69, 9.17) is 21.1 Å². The topological polar surface area (TPSA) is 47.6 Å². The van der Waals surface area contributed by atoms with E-state index < -0.39 is 12.3 Å². The van der Waals surface area contributed by atoms with E-state index in [1.54, 1.807) is 0 Å². The first kappa shape index (κ1) is 18.4. The Balaban J connectivity index is 1.44. The van der Waals surface area contributed by atoms with Gasteiger partial charge < -0.3 is 9.47 Å². The van der Waals surface area contributed by atoms with Crippen molar-refractivity contribution in [2.24, 2.45) is 0 Å². The van der Waals surface area contributed by atoms with Crippen molar-refractivity contribution < 1.29 is 14.3 Å². The average Bonchev–Trinajstić information content (AvgIpc) is 3.10. The SMILES string of the molecule is Cc1cc(Cl)ccc1-c1cccc2c1OC(NC(=O)OCc1ccccc1)C2. The zero-order valence-corrected chi connectivity index (χ0v) is 16.2. The van der Waals surface area contributed by atoms with Crippen LogP contribution in [0.5, 0.6) is 5.75 Å². The summed E-state index contributed by atoms with van der Waals surface area (Å²) in [6.07, 6.45) is -0.353. The van der Waals surface area contributed by atoms with Gasteiger partial charge in [0.2, 0.25) is 0 Å². The summed E-state index contributed by atoms with van der Waals surface area (Å²) in [6.45, 7) is 2.24. The fraction of sp³-hybridized carbons (Fsp3) is 0.174. The number of aryl methyl sites for hydroxylation is 1. The molecule has 0 bridgehead atoms. The van der Waals surface area contributed by atoms with Gasteiger partial charge in [0.05, 0.1) is 0 Å². The average molecular weight is 394 g/mol. The van der Waals surface area contributed by atoms with E-state index in [-0.39, 0.29) is 6.61 Å². The number of nitrogens with one attached hydrogen (secondary N) is 1. The number of benzene rings is 3. The molecule has 0 radical (unpaired) electrons. The summed E-state index contributed by atoms with van der Waals surface area (Å²) >= 11 is 6.08. The van der Waals surface area contributed by atoms with Crippen LogP contribution in [0.2, 0.25) is 5.02 Å². The molecule has 1 N–H and O–H groups in total. The number of amides is 1. The van der Waals surface area contributed by atoms with Crippen LogP contribution in [-0.4, -0.2) is 12.3 Å². The predicted octanol–water partition coefficient (Wildman–Crippen LogP) is 5.50. The Kier molecular flexibility index (Phi) is 5.22. The van der Waals surface area contributed by atoms with Gasteiger partial charge in [0.25, 0.3) is 0 Å². The number of fused-ring (bicyclic) bond motifs is 1. The van der Waals surface area contributed by atoms with Crippen molar-refractivity contribution in [3.63, 3.8) is 0 Å². The molecular weight excluding hydrogens is 374 g/mol. The first-order valence-electron chi connectivity index (χ1n) is 9.12. The van der Waals surface area contributed by atoms with Gasteiger partial charge in [-0.15, -0.1) is 0 Å². The lowest BCUT2D eigenvalue weighted by atomic mass is 9.97. The number of carbonyl (C=O) groups excluding carboxylic acids is 1. The Hall–Kier alpha value is -2.98. The molecule has 0 fully saturated rings. The first-order valence-corrected chi connectivity index (χ1v) is 9.50. The minimum absolute atomic E-state index is 0.224. The minimum atomic E-state index is -0.495. The smallest absolute Gasteiger partial charge is 0.410 e. The van der Waals surface area contributed by atoms with Crippen LogP contribution >= 0.6 is 11.6 Å². The van der Waals surface area contributed by atoms with Gasteiger partial charge in [-0.2, -0.15) is 0 Å². The van der Waals surface area contributed by atoms with Crippen molar-refractivity contribution in [3.05, 3.63) is 88.4 Å². The second-order valence-corrected chi connectivity index (χ2v) is 7.21. The number of hydrogen-bond donors (Lipinski definition) is 1. The highest BCUT2D eigenvalue weighted by molar-refractivity contribution is 6.30. The summed E-state index contributed by atoms with van der Waals surface area (Å²) in [7, 11) is 0. The summed E-state index contributed by atoms with van der Waals surface area (Å²) in [6, 6.07) is 21.4. The zero-order valence-electron chi connectivity index (χ0n) is 15.4. The molecule has 1 aliphatic heterocycles. The summed E-state index contributed by atoms with van der Waals surface area (Å²) in [5, 5.41) is 3.50. The van der Waals surface area contributed by atoms with E-state index in [0.717, 1.165) is 33.6 Å². The first-order chi connectivity index (χ1) is 13.6. The van der Waals surface area contributed by atoms with Crippen molar-refractivity contribution in [1.82, 2.24) is 5.32 Å². The molecule has 4 rings (SSSR count). The van der Waals surface area contributed by atoms with E-state index in [1.807, 2.05) is 73.7 Å². The van der Waals surface area contributed by atoms with E-state index in [2.05, 4.69) is 5.32 Å². The predicted molar refractivity (Wildman–Crippen MR) is 110 cm³/mol. The maximum Gasteiger partial charge on any atom is 0.410 e. The molecule has 0 saturated carbocycles. The second kappa shape index (κ2) is 7.95. The van der Waals surface area contributed by atoms with Gasteiger partial charge in [0, 0.05) is 22.6 Å². The Morgan fingerprint density at radius 1 is 1.11 bits per heavy atom. The molecule has 4 nitrogen and oxygen atoms in total. The summed E-state index contributed by atoms with van der Waals surface area (Å²) in [5.41, 5.74) is 5.12. The lowest BCUT2D eigenvalue weighted by molar-refractivity contribution is 0.113.